The molecule has 6 atom stereocenters. The highest BCUT2D eigenvalue weighted by Gasteiger charge is 2.72. The molecule has 0 aliphatic carbocycles. The highest BCUT2D eigenvalue weighted by molar-refractivity contribution is 7.86. The van der Waals surface area contributed by atoms with E-state index in [9.17, 15) is 22.8 Å². The zero-order valence-electron chi connectivity index (χ0n) is 11.2. The van der Waals surface area contributed by atoms with Crippen LogP contribution in [0.4, 0.5) is 0 Å². The number of hydrogen-bond acceptors (Lipinski definition) is 9. The van der Waals surface area contributed by atoms with Gasteiger partial charge < -0.3 is 18.9 Å². The zero-order valence-corrected chi connectivity index (χ0v) is 12.0. The van der Waals surface area contributed by atoms with Gasteiger partial charge in [-0.3, -0.25) is 18.9 Å². The molecule has 0 aromatic rings. The van der Waals surface area contributed by atoms with E-state index in [0.29, 0.717) is 0 Å². The minimum Gasteiger partial charge on any atom is -0.469 e. The van der Waals surface area contributed by atoms with Crippen molar-refractivity contribution < 1.29 is 46.3 Å². The molecule has 11 heteroatoms. The molecule has 0 saturated carbocycles. The third-order valence-corrected chi connectivity index (χ3v) is 4.55. The van der Waals surface area contributed by atoms with Gasteiger partial charge in [-0.05, 0) is 0 Å². The van der Waals surface area contributed by atoms with Crippen LogP contribution >= 0.6 is 0 Å². The Bertz CT molecular complexity index is 639. The van der Waals surface area contributed by atoms with E-state index in [-0.39, 0.29) is 0 Å². The molecule has 3 heterocycles. The second-order valence-electron chi connectivity index (χ2n) is 5.22. The molecule has 0 amide bonds. The first-order chi connectivity index (χ1) is 10.2. The van der Waals surface area contributed by atoms with Gasteiger partial charge in [-0.2, -0.15) is 8.42 Å². The maximum atomic E-state index is 11.8. The first kappa shape index (κ1) is 15.2. The Morgan fingerprint density at radius 1 is 1.27 bits per heavy atom. The molecule has 122 valence electrons. The predicted molar refractivity (Wildman–Crippen MR) is 63.8 cm³/mol. The summed E-state index contributed by atoms with van der Waals surface area (Å²) in [5, 5.41) is 0. The van der Waals surface area contributed by atoms with E-state index in [0.717, 1.165) is 7.11 Å². The second kappa shape index (κ2) is 4.89. The molecule has 0 aromatic heterocycles. The molecule has 3 aliphatic heterocycles. The highest BCUT2D eigenvalue weighted by Crippen LogP contribution is 2.51. The van der Waals surface area contributed by atoms with Gasteiger partial charge in [0.05, 0.1) is 7.11 Å². The number of hydrogen-bond donors (Lipinski definition) is 1. The topological polar surface area (TPSA) is 142 Å². The van der Waals surface area contributed by atoms with Crippen LogP contribution in [0.5, 0.6) is 0 Å². The summed E-state index contributed by atoms with van der Waals surface area (Å²) in [5.74, 6) is -5.63. The van der Waals surface area contributed by atoms with Crippen LogP contribution in [0, 0.1) is 11.8 Å². The molecular weight excluding hydrogens is 324 g/mol. The lowest BCUT2D eigenvalue weighted by atomic mass is 9.78. The van der Waals surface area contributed by atoms with Gasteiger partial charge in [0.15, 0.2) is 18.0 Å². The number of methoxy groups -OCH3 is 1. The van der Waals surface area contributed by atoms with Gasteiger partial charge in [-0.15, -0.1) is 0 Å². The molecular formula is C11H12O10S. The molecule has 0 spiro atoms. The number of esters is 3. The SMILES string of the molecule is COC(=O)C1C2OC3C(OC(=O)C31)C2OC(=O)CS(=O)(=O)O. The monoisotopic (exact) mass is 336 g/mol. The van der Waals surface area contributed by atoms with Crippen LogP contribution in [0.15, 0.2) is 0 Å². The lowest BCUT2D eigenvalue weighted by Gasteiger charge is -2.26. The minimum absolute atomic E-state index is 0.652. The maximum absolute atomic E-state index is 11.8. The van der Waals surface area contributed by atoms with Gasteiger partial charge in [0.1, 0.15) is 24.0 Å². The van der Waals surface area contributed by atoms with E-state index in [1.807, 2.05) is 0 Å². The van der Waals surface area contributed by atoms with Gasteiger partial charge >= 0.3 is 17.9 Å². The van der Waals surface area contributed by atoms with E-state index in [2.05, 4.69) is 4.74 Å². The summed E-state index contributed by atoms with van der Waals surface area (Å²) in [6, 6.07) is 0. The lowest BCUT2D eigenvalue weighted by molar-refractivity contribution is -0.160. The summed E-state index contributed by atoms with van der Waals surface area (Å²) in [5.41, 5.74) is 0. The van der Waals surface area contributed by atoms with Crippen LogP contribution in [-0.2, 0) is 43.4 Å². The third kappa shape index (κ3) is 2.25. The fourth-order valence-corrected chi connectivity index (χ4v) is 3.58. The van der Waals surface area contributed by atoms with Crippen LogP contribution in [0.25, 0.3) is 0 Å². The Morgan fingerprint density at radius 3 is 2.55 bits per heavy atom. The van der Waals surface area contributed by atoms with Crippen molar-refractivity contribution in [3.05, 3.63) is 0 Å². The summed E-state index contributed by atoms with van der Waals surface area (Å²) in [4.78, 5) is 35.1. The molecule has 10 nitrogen and oxygen atoms in total. The lowest BCUT2D eigenvalue weighted by Crippen LogP contribution is -2.48. The molecule has 1 N–H and O–H groups in total. The van der Waals surface area contributed by atoms with Crippen LogP contribution in [-0.4, -0.2) is 68.2 Å². The maximum Gasteiger partial charge on any atom is 0.324 e. The van der Waals surface area contributed by atoms with E-state index in [4.69, 9.17) is 18.8 Å². The van der Waals surface area contributed by atoms with Gasteiger partial charge in [0, 0.05) is 0 Å². The highest BCUT2D eigenvalue weighted by atomic mass is 32.2. The van der Waals surface area contributed by atoms with Crippen molar-refractivity contribution >= 4 is 28.0 Å². The van der Waals surface area contributed by atoms with Crippen molar-refractivity contribution in [2.24, 2.45) is 11.8 Å². The largest absolute Gasteiger partial charge is 0.469 e. The molecule has 3 fully saturated rings. The average molecular weight is 336 g/mol. The second-order valence-corrected chi connectivity index (χ2v) is 6.67. The Morgan fingerprint density at radius 2 is 1.95 bits per heavy atom. The molecule has 0 aromatic carbocycles. The number of rotatable bonds is 4. The first-order valence-corrected chi connectivity index (χ1v) is 7.92. The van der Waals surface area contributed by atoms with Crippen molar-refractivity contribution in [1.82, 2.24) is 0 Å². The van der Waals surface area contributed by atoms with E-state index in [1.54, 1.807) is 0 Å². The summed E-state index contributed by atoms with van der Waals surface area (Å²) in [6.45, 7) is 0. The number of ether oxygens (including phenoxy) is 4. The third-order valence-electron chi connectivity index (χ3n) is 3.95. The summed E-state index contributed by atoms with van der Waals surface area (Å²) < 4.78 is 50.0. The fourth-order valence-electron chi connectivity index (χ4n) is 3.21. The van der Waals surface area contributed by atoms with E-state index in [1.165, 1.54) is 0 Å². The van der Waals surface area contributed by atoms with E-state index >= 15 is 0 Å². The van der Waals surface area contributed by atoms with Gasteiger partial charge in [-0.1, -0.05) is 0 Å². The molecule has 0 radical (unpaired) electrons. The van der Waals surface area contributed by atoms with Gasteiger partial charge in [0.25, 0.3) is 10.1 Å². The Kier molecular flexibility index (Phi) is 3.38. The summed E-state index contributed by atoms with van der Waals surface area (Å²) >= 11 is 0. The molecule has 2 bridgehead atoms. The standard InChI is InChI=1S/C11H12O10S/c1-18-10(13)4-5-7-9(21-11(5)14)8(6(4)20-7)19-3(12)2-22(15,16)17/h4-9H,2H2,1H3,(H,15,16,17). The normalized spacial score (nSPS) is 38.7. The number of carbonyl (C=O) groups excluding carboxylic acids is 3. The quantitative estimate of drug-likeness (QED) is 0.344. The fraction of sp³-hybridized carbons (Fsp3) is 0.727. The molecule has 6 unspecified atom stereocenters. The zero-order chi connectivity index (χ0) is 16.2. The summed E-state index contributed by atoms with van der Waals surface area (Å²) in [7, 11) is -3.41. The smallest absolute Gasteiger partial charge is 0.324 e. The van der Waals surface area contributed by atoms with Crippen LogP contribution < -0.4 is 0 Å². The van der Waals surface area contributed by atoms with Crippen molar-refractivity contribution in [2.45, 2.75) is 24.4 Å². The van der Waals surface area contributed by atoms with Crippen molar-refractivity contribution in [3.8, 4) is 0 Å². The Hall–Kier alpha value is -1.72. The van der Waals surface area contributed by atoms with Crippen LogP contribution in [0.1, 0.15) is 0 Å². The van der Waals surface area contributed by atoms with Gasteiger partial charge in [0.2, 0.25) is 0 Å². The minimum atomic E-state index is -4.55. The molecule has 3 aliphatic rings. The average Bonchev–Trinajstić information content (AvgIpc) is 2.98. The Balaban J connectivity index is 1.81. The summed E-state index contributed by atoms with van der Waals surface area (Å²) in [6.07, 6.45) is -3.71. The predicted octanol–water partition coefficient (Wildman–Crippen LogP) is -2.10. The molecule has 3 saturated heterocycles. The van der Waals surface area contributed by atoms with E-state index < -0.39 is 70.0 Å². The van der Waals surface area contributed by atoms with Crippen LogP contribution in [0.3, 0.4) is 0 Å². The first-order valence-electron chi connectivity index (χ1n) is 6.31. The van der Waals surface area contributed by atoms with Crippen molar-refractivity contribution in [2.75, 3.05) is 12.9 Å². The van der Waals surface area contributed by atoms with Crippen molar-refractivity contribution in [1.29, 1.82) is 0 Å². The van der Waals surface area contributed by atoms with Crippen LogP contribution in [0.2, 0.25) is 0 Å². The Labute approximate surface area is 124 Å². The van der Waals surface area contributed by atoms with Crippen molar-refractivity contribution in [3.63, 3.8) is 0 Å². The van der Waals surface area contributed by atoms with Gasteiger partial charge in [-0.25, -0.2) is 0 Å². The number of fused-ring (bicyclic) bond motifs is 1. The molecule has 22 heavy (non-hydrogen) atoms. The number of carbonyl (C=O) groups is 3. The molecule has 3 rings (SSSR count).